The summed E-state index contributed by atoms with van der Waals surface area (Å²) in [6.07, 6.45) is 0. The maximum atomic E-state index is 12.7. The van der Waals surface area contributed by atoms with Crippen molar-refractivity contribution in [3.05, 3.63) is 30.1 Å². The third-order valence-corrected chi connectivity index (χ3v) is 3.64. The van der Waals surface area contributed by atoms with E-state index in [1.54, 1.807) is 12.1 Å². The topological polar surface area (TPSA) is 32.3 Å². The molecule has 1 heterocycles. The lowest BCUT2D eigenvalue weighted by Gasteiger charge is -2.27. The maximum Gasteiger partial charge on any atom is 0.233 e. The first-order valence-electron chi connectivity index (χ1n) is 5.62. The molecule has 0 bridgehead atoms. The number of benzene rings is 1. The van der Waals surface area contributed by atoms with E-state index < -0.39 is 0 Å². The molecule has 1 fully saturated rings. The van der Waals surface area contributed by atoms with E-state index in [1.165, 1.54) is 23.9 Å². The van der Waals surface area contributed by atoms with E-state index in [0.29, 0.717) is 5.75 Å². The fraction of sp³-hybridized carbons (Fsp3) is 0.417. The zero-order valence-corrected chi connectivity index (χ0v) is 10.3. The minimum atomic E-state index is -0.247. The summed E-state index contributed by atoms with van der Waals surface area (Å²) in [4.78, 5) is 14.6. The quantitative estimate of drug-likeness (QED) is 0.826. The van der Waals surface area contributed by atoms with Crippen LogP contribution < -0.4 is 5.32 Å². The molecule has 0 aromatic heterocycles. The monoisotopic (exact) mass is 254 g/mol. The summed E-state index contributed by atoms with van der Waals surface area (Å²) in [5, 5.41) is 3.21. The Balaban J connectivity index is 1.81. The van der Waals surface area contributed by atoms with Gasteiger partial charge in [0.05, 0.1) is 5.75 Å². The van der Waals surface area contributed by atoms with E-state index in [0.717, 1.165) is 31.1 Å². The van der Waals surface area contributed by atoms with Crippen LogP contribution in [0.2, 0.25) is 0 Å². The second kappa shape index (κ2) is 6.02. The van der Waals surface area contributed by atoms with Gasteiger partial charge in [-0.05, 0) is 24.3 Å². The number of carbonyl (C=O) groups excluding carboxylic acids is 1. The Morgan fingerprint density at radius 2 is 1.94 bits per heavy atom. The summed E-state index contributed by atoms with van der Waals surface area (Å²) in [6, 6.07) is 6.23. The highest BCUT2D eigenvalue weighted by Crippen LogP contribution is 2.18. The Hall–Kier alpha value is -1.07. The normalized spacial score (nSPS) is 15.9. The highest BCUT2D eigenvalue weighted by Gasteiger charge is 2.15. The van der Waals surface area contributed by atoms with E-state index in [-0.39, 0.29) is 11.7 Å². The second-order valence-electron chi connectivity index (χ2n) is 3.87. The van der Waals surface area contributed by atoms with Crippen molar-refractivity contribution >= 4 is 17.7 Å². The second-order valence-corrected chi connectivity index (χ2v) is 4.92. The number of amides is 1. The van der Waals surface area contributed by atoms with Gasteiger partial charge in [-0.15, -0.1) is 11.8 Å². The van der Waals surface area contributed by atoms with Crippen LogP contribution in [0.25, 0.3) is 0 Å². The Kier molecular flexibility index (Phi) is 4.39. The Bertz CT molecular complexity index is 377. The molecule has 2 rings (SSSR count). The molecule has 1 saturated heterocycles. The first kappa shape index (κ1) is 12.4. The molecule has 0 radical (unpaired) electrons. The predicted octanol–water partition coefficient (Wildman–Crippen LogP) is 1.35. The molecule has 5 heteroatoms. The first-order chi connectivity index (χ1) is 8.25. The van der Waals surface area contributed by atoms with Gasteiger partial charge < -0.3 is 10.2 Å². The summed E-state index contributed by atoms with van der Waals surface area (Å²) < 4.78 is 12.7. The van der Waals surface area contributed by atoms with Crippen molar-refractivity contribution < 1.29 is 9.18 Å². The Morgan fingerprint density at radius 1 is 1.29 bits per heavy atom. The van der Waals surface area contributed by atoms with Crippen molar-refractivity contribution in [1.82, 2.24) is 10.2 Å². The van der Waals surface area contributed by atoms with Crippen molar-refractivity contribution in [2.24, 2.45) is 0 Å². The van der Waals surface area contributed by atoms with E-state index in [9.17, 15) is 9.18 Å². The summed E-state index contributed by atoms with van der Waals surface area (Å²) in [5.74, 6) is 0.328. The number of thioether (sulfide) groups is 1. The number of piperazine rings is 1. The van der Waals surface area contributed by atoms with Gasteiger partial charge in [-0.3, -0.25) is 4.79 Å². The molecule has 92 valence electrons. The van der Waals surface area contributed by atoms with Gasteiger partial charge in [0, 0.05) is 31.1 Å². The zero-order valence-electron chi connectivity index (χ0n) is 9.49. The number of nitrogens with zero attached hydrogens (tertiary/aromatic N) is 1. The van der Waals surface area contributed by atoms with Crippen LogP contribution in [0.4, 0.5) is 4.39 Å². The van der Waals surface area contributed by atoms with Crippen molar-refractivity contribution in [3.8, 4) is 0 Å². The molecule has 0 aliphatic carbocycles. The van der Waals surface area contributed by atoms with Crippen LogP contribution in [0.1, 0.15) is 0 Å². The van der Waals surface area contributed by atoms with Crippen molar-refractivity contribution in [2.45, 2.75) is 4.90 Å². The molecule has 1 amide bonds. The molecule has 1 N–H and O–H groups in total. The van der Waals surface area contributed by atoms with Gasteiger partial charge in [-0.2, -0.15) is 0 Å². The highest BCUT2D eigenvalue weighted by molar-refractivity contribution is 8.00. The molecule has 1 aliphatic rings. The number of hydrogen-bond donors (Lipinski definition) is 1. The average Bonchev–Trinajstić information content (AvgIpc) is 2.39. The zero-order chi connectivity index (χ0) is 12.1. The first-order valence-corrected chi connectivity index (χ1v) is 6.61. The number of carbonyl (C=O) groups is 1. The van der Waals surface area contributed by atoms with E-state index in [2.05, 4.69) is 5.32 Å². The lowest BCUT2D eigenvalue weighted by atomic mass is 10.3. The number of hydrogen-bond acceptors (Lipinski definition) is 3. The van der Waals surface area contributed by atoms with Crippen LogP contribution in [-0.2, 0) is 4.79 Å². The highest BCUT2D eigenvalue weighted by atomic mass is 32.2. The predicted molar refractivity (Wildman–Crippen MR) is 66.6 cm³/mol. The van der Waals surface area contributed by atoms with Crippen LogP contribution >= 0.6 is 11.8 Å². The Morgan fingerprint density at radius 3 is 2.59 bits per heavy atom. The third-order valence-electron chi connectivity index (χ3n) is 2.65. The largest absolute Gasteiger partial charge is 0.339 e. The van der Waals surface area contributed by atoms with Gasteiger partial charge >= 0.3 is 0 Å². The molecule has 0 atom stereocenters. The summed E-state index contributed by atoms with van der Waals surface area (Å²) in [7, 11) is 0. The molecule has 0 saturated carbocycles. The smallest absolute Gasteiger partial charge is 0.233 e. The van der Waals surface area contributed by atoms with Crippen LogP contribution in [0, 0.1) is 5.82 Å². The standard InChI is InChI=1S/C12H15FN2OS/c13-10-1-3-11(4-2-10)17-9-12(16)15-7-5-14-6-8-15/h1-4,14H,5-9H2. The van der Waals surface area contributed by atoms with Gasteiger partial charge in [0.1, 0.15) is 5.82 Å². The molecule has 0 unspecified atom stereocenters. The molecular weight excluding hydrogens is 239 g/mol. The number of rotatable bonds is 3. The number of halogens is 1. The van der Waals surface area contributed by atoms with Gasteiger partial charge in [-0.25, -0.2) is 4.39 Å². The van der Waals surface area contributed by atoms with Crippen LogP contribution in [0.3, 0.4) is 0 Å². The molecule has 1 aliphatic heterocycles. The molecule has 3 nitrogen and oxygen atoms in total. The van der Waals surface area contributed by atoms with Gasteiger partial charge in [0.2, 0.25) is 5.91 Å². The van der Waals surface area contributed by atoms with Crippen molar-refractivity contribution in [2.75, 3.05) is 31.9 Å². The molecule has 1 aromatic carbocycles. The Labute approximate surface area is 104 Å². The lowest BCUT2D eigenvalue weighted by Crippen LogP contribution is -2.47. The van der Waals surface area contributed by atoms with Gasteiger partial charge in [0.25, 0.3) is 0 Å². The fourth-order valence-corrected chi connectivity index (χ4v) is 2.48. The maximum absolute atomic E-state index is 12.7. The number of nitrogens with one attached hydrogen (secondary N) is 1. The van der Waals surface area contributed by atoms with Crippen molar-refractivity contribution in [1.29, 1.82) is 0 Å². The van der Waals surface area contributed by atoms with Crippen molar-refractivity contribution in [3.63, 3.8) is 0 Å². The fourth-order valence-electron chi connectivity index (χ4n) is 1.68. The average molecular weight is 254 g/mol. The minimum Gasteiger partial charge on any atom is -0.339 e. The summed E-state index contributed by atoms with van der Waals surface area (Å²) in [5.41, 5.74) is 0. The molecule has 17 heavy (non-hydrogen) atoms. The van der Waals surface area contributed by atoms with Gasteiger partial charge in [-0.1, -0.05) is 0 Å². The van der Waals surface area contributed by atoms with Crippen LogP contribution in [0.15, 0.2) is 29.2 Å². The SMILES string of the molecule is O=C(CSc1ccc(F)cc1)N1CCNCC1. The molecular formula is C12H15FN2OS. The van der Waals surface area contributed by atoms with E-state index in [4.69, 9.17) is 0 Å². The summed E-state index contributed by atoms with van der Waals surface area (Å²) >= 11 is 1.45. The lowest BCUT2D eigenvalue weighted by molar-refractivity contribution is -0.128. The van der Waals surface area contributed by atoms with Gasteiger partial charge in [0.15, 0.2) is 0 Å². The molecule has 1 aromatic rings. The van der Waals surface area contributed by atoms with Crippen LogP contribution in [-0.4, -0.2) is 42.7 Å². The van der Waals surface area contributed by atoms with E-state index in [1.807, 2.05) is 4.90 Å². The minimum absolute atomic E-state index is 0.154. The van der Waals surface area contributed by atoms with Crippen LogP contribution in [0.5, 0.6) is 0 Å². The third kappa shape index (κ3) is 3.71. The summed E-state index contributed by atoms with van der Waals surface area (Å²) in [6.45, 7) is 3.30. The molecule has 0 spiro atoms. The van der Waals surface area contributed by atoms with E-state index >= 15 is 0 Å².